The number of aryl methyl sites for hydroxylation is 1. The van der Waals surface area contributed by atoms with Gasteiger partial charge in [0.25, 0.3) is 0 Å². The van der Waals surface area contributed by atoms with Crippen molar-refractivity contribution < 1.29 is 4.57 Å². The van der Waals surface area contributed by atoms with Gasteiger partial charge in [0, 0.05) is 11.0 Å². The third-order valence-electron chi connectivity index (χ3n) is 2.01. The van der Waals surface area contributed by atoms with Crippen LogP contribution in [0.5, 0.6) is 0 Å². The first-order valence-corrected chi connectivity index (χ1v) is 5.59. The summed E-state index contributed by atoms with van der Waals surface area (Å²) in [6.07, 6.45) is 3.88. The Morgan fingerprint density at radius 2 is 2.33 bits per heavy atom. The molecule has 0 amide bonds. The molecule has 3 nitrogen and oxygen atoms in total. The van der Waals surface area contributed by atoms with Crippen LogP contribution in [0.15, 0.2) is 12.3 Å². The summed E-state index contributed by atoms with van der Waals surface area (Å²) in [4.78, 5) is 0. The zero-order valence-corrected chi connectivity index (χ0v) is 7.95. The lowest BCUT2D eigenvalue weighted by Crippen LogP contribution is -2.02. The standard InChI is InChI=1S/C8H11N2OP/c1-6-4-8(5-9-10-6)12(11)7-2-3-7/h4-5,7,12H,2-3H2,1H3. The molecular formula is C8H11N2OP. The van der Waals surface area contributed by atoms with Crippen molar-refractivity contribution in [1.82, 2.24) is 10.2 Å². The van der Waals surface area contributed by atoms with Gasteiger partial charge in [-0.05, 0) is 25.8 Å². The van der Waals surface area contributed by atoms with Crippen LogP contribution in [0.4, 0.5) is 0 Å². The summed E-state index contributed by atoms with van der Waals surface area (Å²) < 4.78 is 11.7. The van der Waals surface area contributed by atoms with Crippen molar-refractivity contribution in [2.24, 2.45) is 0 Å². The normalized spacial score (nSPS) is 19.1. The van der Waals surface area contributed by atoms with Crippen LogP contribution in [0.2, 0.25) is 0 Å². The molecule has 4 heteroatoms. The van der Waals surface area contributed by atoms with Gasteiger partial charge >= 0.3 is 0 Å². The van der Waals surface area contributed by atoms with E-state index in [-0.39, 0.29) is 0 Å². The van der Waals surface area contributed by atoms with Crippen LogP contribution in [0, 0.1) is 6.92 Å². The van der Waals surface area contributed by atoms with Crippen molar-refractivity contribution in [3.63, 3.8) is 0 Å². The van der Waals surface area contributed by atoms with Gasteiger partial charge in [-0.25, -0.2) is 0 Å². The monoisotopic (exact) mass is 182 g/mol. The van der Waals surface area contributed by atoms with Gasteiger partial charge in [0.2, 0.25) is 0 Å². The molecule has 2 rings (SSSR count). The molecule has 1 aromatic heterocycles. The van der Waals surface area contributed by atoms with E-state index in [9.17, 15) is 4.57 Å². The lowest BCUT2D eigenvalue weighted by atomic mass is 10.4. The summed E-state index contributed by atoms with van der Waals surface area (Å²) in [6.45, 7) is 1.87. The van der Waals surface area contributed by atoms with Gasteiger partial charge in [-0.2, -0.15) is 10.2 Å². The first-order chi connectivity index (χ1) is 5.77. The second-order valence-corrected chi connectivity index (χ2v) is 5.35. The molecular weight excluding hydrogens is 171 g/mol. The molecule has 0 aliphatic heterocycles. The van der Waals surface area contributed by atoms with Crippen molar-refractivity contribution in [1.29, 1.82) is 0 Å². The molecule has 1 heterocycles. The van der Waals surface area contributed by atoms with Crippen LogP contribution in [0.3, 0.4) is 0 Å². The second kappa shape index (κ2) is 2.98. The van der Waals surface area contributed by atoms with Crippen molar-refractivity contribution in [2.45, 2.75) is 25.4 Å². The van der Waals surface area contributed by atoms with E-state index >= 15 is 0 Å². The van der Waals surface area contributed by atoms with Crippen LogP contribution in [0.25, 0.3) is 0 Å². The molecule has 12 heavy (non-hydrogen) atoms. The van der Waals surface area contributed by atoms with Crippen molar-refractivity contribution in [3.05, 3.63) is 18.0 Å². The predicted molar refractivity (Wildman–Crippen MR) is 48.4 cm³/mol. The molecule has 1 unspecified atom stereocenters. The molecule has 0 radical (unpaired) electrons. The smallest absolute Gasteiger partial charge is 0.108 e. The molecule has 64 valence electrons. The number of hydrogen-bond acceptors (Lipinski definition) is 3. The van der Waals surface area contributed by atoms with Crippen LogP contribution in [0.1, 0.15) is 18.5 Å². The van der Waals surface area contributed by atoms with E-state index in [1.807, 2.05) is 13.0 Å². The summed E-state index contributed by atoms with van der Waals surface area (Å²) in [6, 6.07) is 1.88. The fourth-order valence-corrected chi connectivity index (χ4v) is 2.89. The van der Waals surface area contributed by atoms with E-state index in [4.69, 9.17) is 0 Å². The first kappa shape index (κ1) is 7.93. The first-order valence-electron chi connectivity index (χ1n) is 4.11. The Hall–Kier alpha value is -0.690. The fraction of sp³-hybridized carbons (Fsp3) is 0.500. The molecule has 1 aliphatic rings. The molecule has 1 aromatic rings. The molecule has 0 spiro atoms. The van der Waals surface area contributed by atoms with Crippen LogP contribution >= 0.6 is 7.80 Å². The van der Waals surface area contributed by atoms with Gasteiger partial charge in [-0.1, -0.05) is 0 Å². The van der Waals surface area contributed by atoms with E-state index in [1.165, 1.54) is 0 Å². The molecule has 1 fully saturated rings. The zero-order valence-electron chi connectivity index (χ0n) is 6.95. The Labute approximate surface area is 72.0 Å². The van der Waals surface area contributed by atoms with Crippen LogP contribution in [-0.2, 0) is 4.57 Å². The SMILES string of the molecule is Cc1cc([PH](=O)C2CC2)cnn1. The minimum absolute atomic E-state index is 0.457. The van der Waals surface area contributed by atoms with Gasteiger partial charge in [0.15, 0.2) is 0 Å². The summed E-state index contributed by atoms with van der Waals surface area (Å²) in [7, 11) is -1.55. The zero-order chi connectivity index (χ0) is 8.55. The fourth-order valence-electron chi connectivity index (χ4n) is 1.19. The van der Waals surface area contributed by atoms with Crippen molar-refractivity contribution in [3.8, 4) is 0 Å². The van der Waals surface area contributed by atoms with E-state index in [1.54, 1.807) is 6.20 Å². The summed E-state index contributed by atoms with van der Waals surface area (Å²) in [5.74, 6) is 0. The van der Waals surface area contributed by atoms with E-state index < -0.39 is 7.80 Å². The van der Waals surface area contributed by atoms with E-state index in [0.29, 0.717) is 5.66 Å². The van der Waals surface area contributed by atoms with Crippen molar-refractivity contribution in [2.75, 3.05) is 0 Å². The molecule has 0 bridgehead atoms. The molecule has 0 aromatic carbocycles. The van der Waals surface area contributed by atoms with Crippen molar-refractivity contribution >= 4 is 13.1 Å². The lowest BCUT2D eigenvalue weighted by molar-refractivity contribution is 0.592. The Bertz CT molecular complexity index is 323. The number of hydrogen-bond donors (Lipinski definition) is 0. The maximum Gasteiger partial charge on any atom is 0.108 e. The highest BCUT2D eigenvalue weighted by Crippen LogP contribution is 2.43. The molecule has 1 atom stereocenters. The molecule has 1 aliphatic carbocycles. The number of rotatable bonds is 2. The van der Waals surface area contributed by atoms with Gasteiger partial charge in [0.1, 0.15) is 7.80 Å². The van der Waals surface area contributed by atoms with Gasteiger partial charge < -0.3 is 4.57 Å². The van der Waals surface area contributed by atoms with Crippen LogP contribution in [-0.4, -0.2) is 15.9 Å². The Morgan fingerprint density at radius 3 is 2.92 bits per heavy atom. The topological polar surface area (TPSA) is 42.9 Å². The molecule has 0 N–H and O–H groups in total. The largest absolute Gasteiger partial charge is 0.322 e. The summed E-state index contributed by atoms with van der Waals surface area (Å²) in [5.41, 5.74) is 1.31. The average molecular weight is 182 g/mol. The lowest BCUT2D eigenvalue weighted by Gasteiger charge is -1.98. The maximum absolute atomic E-state index is 11.7. The molecule has 0 saturated heterocycles. The number of aromatic nitrogens is 2. The Kier molecular flexibility index (Phi) is 1.97. The highest BCUT2D eigenvalue weighted by molar-refractivity contribution is 7.54. The minimum atomic E-state index is -1.55. The Balaban J connectivity index is 2.26. The maximum atomic E-state index is 11.7. The second-order valence-electron chi connectivity index (χ2n) is 3.22. The highest BCUT2D eigenvalue weighted by atomic mass is 31.1. The van der Waals surface area contributed by atoms with E-state index in [0.717, 1.165) is 23.8 Å². The third-order valence-corrected chi connectivity index (χ3v) is 4.17. The summed E-state index contributed by atoms with van der Waals surface area (Å²) in [5, 5.41) is 8.52. The van der Waals surface area contributed by atoms with Gasteiger partial charge in [0.05, 0.1) is 11.9 Å². The number of nitrogens with zero attached hydrogens (tertiary/aromatic N) is 2. The van der Waals surface area contributed by atoms with Gasteiger partial charge in [-0.15, -0.1) is 0 Å². The predicted octanol–water partition coefficient (Wildman–Crippen LogP) is 1.13. The molecule has 1 saturated carbocycles. The van der Waals surface area contributed by atoms with Gasteiger partial charge in [-0.3, -0.25) is 0 Å². The summed E-state index contributed by atoms with van der Waals surface area (Å²) >= 11 is 0. The third kappa shape index (κ3) is 1.56. The van der Waals surface area contributed by atoms with E-state index in [2.05, 4.69) is 10.2 Å². The van der Waals surface area contributed by atoms with Crippen LogP contribution < -0.4 is 5.30 Å². The highest BCUT2D eigenvalue weighted by Gasteiger charge is 2.29. The Morgan fingerprint density at radius 1 is 1.58 bits per heavy atom. The average Bonchev–Trinajstić information content (AvgIpc) is 2.85. The quantitative estimate of drug-likeness (QED) is 0.644. The minimum Gasteiger partial charge on any atom is -0.322 e.